The van der Waals surface area contributed by atoms with Crippen LogP contribution in [0.1, 0.15) is 29.8 Å². The van der Waals surface area contributed by atoms with Crippen LogP contribution in [0.2, 0.25) is 0 Å². The Hall–Kier alpha value is -3.26. The highest BCUT2D eigenvalue weighted by molar-refractivity contribution is 5.97. The van der Waals surface area contributed by atoms with Gasteiger partial charge in [-0.1, -0.05) is 0 Å². The summed E-state index contributed by atoms with van der Waals surface area (Å²) in [6.45, 7) is 4.37. The molecule has 1 atom stereocenters. The van der Waals surface area contributed by atoms with Crippen molar-refractivity contribution >= 4 is 17.6 Å². The van der Waals surface area contributed by atoms with Gasteiger partial charge in [0.2, 0.25) is 6.79 Å². The molecule has 0 aliphatic carbocycles. The molecule has 0 saturated carbocycles. The van der Waals surface area contributed by atoms with E-state index in [-0.39, 0.29) is 6.79 Å². The number of esters is 1. The maximum absolute atomic E-state index is 12.5. The molecule has 1 aliphatic rings. The molecule has 0 radical (unpaired) electrons. The van der Waals surface area contributed by atoms with Crippen LogP contribution in [0, 0.1) is 0 Å². The first-order valence-corrected chi connectivity index (χ1v) is 9.18. The van der Waals surface area contributed by atoms with E-state index in [4.69, 9.17) is 23.7 Å². The molecule has 3 rings (SSSR count). The van der Waals surface area contributed by atoms with Gasteiger partial charge in [0.05, 0.1) is 19.3 Å². The first-order valence-electron chi connectivity index (χ1n) is 9.18. The third-order valence-electron chi connectivity index (χ3n) is 4.27. The molecule has 1 amide bonds. The summed E-state index contributed by atoms with van der Waals surface area (Å²) in [5.41, 5.74) is 1.55. The van der Waals surface area contributed by atoms with Crippen LogP contribution in [-0.4, -0.2) is 38.5 Å². The number of amides is 1. The zero-order chi connectivity index (χ0) is 20.8. The number of anilines is 1. The topological polar surface area (TPSA) is 92.3 Å². The molecule has 8 heteroatoms. The molecule has 0 aromatic heterocycles. The van der Waals surface area contributed by atoms with E-state index in [2.05, 4.69) is 5.32 Å². The number of carbonyl (C=O) groups excluding carboxylic acids is 2. The Kier molecular flexibility index (Phi) is 6.56. The highest BCUT2D eigenvalue weighted by atomic mass is 16.7. The van der Waals surface area contributed by atoms with Crippen LogP contribution in [0.5, 0.6) is 17.2 Å². The van der Waals surface area contributed by atoms with Crippen molar-refractivity contribution < 1.29 is 33.3 Å². The summed E-state index contributed by atoms with van der Waals surface area (Å²) in [6, 6.07) is 9.92. The molecule has 154 valence electrons. The van der Waals surface area contributed by atoms with Gasteiger partial charge in [0.1, 0.15) is 5.75 Å². The third kappa shape index (κ3) is 4.97. The number of hydrogen-bond donors (Lipinski definition) is 1. The van der Waals surface area contributed by atoms with E-state index in [1.807, 2.05) is 6.92 Å². The molecule has 1 heterocycles. The van der Waals surface area contributed by atoms with Crippen LogP contribution in [0.25, 0.3) is 0 Å². The van der Waals surface area contributed by atoms with Gasteiger partial charge in [-0.2, -0.15) is 0 Å². The second kappa shape index (κ2) is 9.29. The van der Waals surface area contributed by atoms with Crippen molar-refractivity contribution in [3.05, 3.63) is 47.5 Å². The Labute approximate surface area is 168 Å². The molecular weight excluding hydrogens is 378 g/mol. The number of hydrogen-bond acceptors (Lipinski definition) is 7. The summed E-state index contributed by atoms with van der Waals surface area (Å²) < 4.78 is 26.5. The van der Waals surface area contributed by atoms with Gasteiger partial charge in [0.15, 0.2) is 17.6 Å². The number of methoxy groups -OCH3 is 1. The number of benzene rings is 2. The number of nitrogens with one attached hydrogen (secondary N) is 1. The van der Waals surface area contributed by atoms with Gasteiger partial charge in [0, 0.05) is 23.9 Å². The number of rotatable bonds is 8. The molecule has 0 saturated heterocycles. The van der Waals surface area contributed by atoms with Crippen molar-refractivity contribution in [2.45, 2.75) is 26.6 Å². The first-order chi connectivity index (χ1) is 14.0. The largest absolute Gasteiger partial charge is 0.496 e. The minimum atomic E-state index is -0.995. The fourth-order valence-corrected chi connectivity index (χ4v) is 2.73. The molecule has 0 bridgehead atoms. The van der Waals surface area contributed by atoms with Crippen molar-refractivity contribution in [3.63, 3.8) is 0 Å². The Morgan fingerprint density at radius 1 is 1.14 bits per heavy atom. The molecule has 0 spiro atoms. The second-order valence-corrected chi connectivity index (χ2v) is 6.27. The van der Waals surface area contributed by atoms with E-state index in [9.17, 15) is 9.59 Å². The lowest BCUT2D eigenvalue weighted by Gasteiger charge is -2.15. The molecule has 0 unspecified atom stereocenters. The Bertz CT molecular complexity index is 897. The smallest absolute Gasteiger partial charge is 0.338 e. The van der Waals surface area contributed by atoms with Gasteiger partial charge in [0.25, 0.3) is 5.91 Å². The van der Waals surface area contributed by atoms with Crippen LogP contribution in [0.3, 0.4) is 0 Å². The Balaban J connectivity index is 1.62. The maximum Gasteiger partial charge on any atom is 0.338 e. The average Bonchev–Trinajstić information content (AvgIpc) is 3.19. The zero-order valence-corrected chi connectivity index (χ0v) is 16.5. The fourth-order valence-electron chi connectivity index (χ4n) is 2.73. The van der Waals surface area contributed by atoms with Gasteiger partial charge in [-0.15, -0.1) is 0 Å². The van der Waals surface area contributed by atoms with E-state index in [0.29, 0.717) is 41.7 Å². The summed E-state index contributed by atoms with van der Waals surface area (Å²) in [5, 5.41) is 2.69. The summed E-state index contributed by atoms with van der Waals surface area (Å²) in [5.74, 6) is 0.708. The highest BCUT2D eigenvalue weighted by Gasteiger charge is 2.21. The lowest BCUT2D eigenvalue weighted by Crippen LogP contribution is -2.30. The highest BCUT2D eigenvalue weighted by Crippen LogP contribution is 2.34. The van der Waals surface area contributed by atoms with Crippen molar-refractivity contribution in [2.24, 2.45) is 0 Å². The molecule has 0 fully saturated rings. The lowest BCUT2D eigenvalue weighted by atomic mass is 10.1. The van der Waals surface area contributed by atoms with Gasteiger partial charge in [-0.3, -0.25) is 4.79 Å². The van der Waals surface area contributed by atoms with Crippen molar-refractivity contribution in [3.8, 4) is 17.2 Å². The van der Waals surface area contributed by atoms with Crippen LogP contribution < -0.4 is 19.5 Å². The summed E-state index contributed by atoms with van der Waals surface area (Å²) in [4.78, 5) is 24.9. The van der Waals surface area contributed by atoms with Crippen molar-refractivity contribution in [1.82, 2.24) is 0 Å². The SMILES string of the molecule is CCOCc1cc(C(=O)O[C@@H](C)C(=O)Nc2ccc3c(c2)OCO3)ccc1OC. The van der Waals surface area contributed by atoms with Gasteiger partial charge in [-0.05, 0) is 44.2 Å². The van der Waals surface area contributed by atoms with Crippen molar-refractivity contribution in [1.29, 1.82) is 0 Å². The molecule has 2 aromatic rings. The van der Waals surface area contributed by atoms with Crippen LogP contribution in [-0.2, 0) is 20.9 Å². The lowest BCUT2D eigenvalue weighted by molar-refractivity contribution is -0.123. The van der Waals surface area contributed by atoms with E-state index in [1.54, 1.807) is 43.5 Å². The first kappa shape index (κ1) is 20.5. The summed E-state index contributed by atoms with van der Waals surface area (Å²) in [7, 11) is 1.55. The molecular formula is C21H23NO7. The quantitative estimate of drug-likeness (QED) is 0.679. The monoisotopic (exact) mass is 401 g/mol. The van der Waals surface area contributed by atoms with Crippen LogP contribution in [0.4, 0.5) is 5.69 Å². The summed E-state index contributed by atoms with van der Waals surface area (Å²) in [6.07, 6.45) is -0.995. The minimum absolute atomic E-state index is 0.147. The van der Waals surface area contributed by atoms with E-state index in [0.717, 1.165) is 5.56 Å². The van der Waals surface area contributed by atoms with E-state index in [1.165, 1.54) is 6.92 Å². The molecule has 2 aromatic carbocycles. The van der Waals surface area contributed by atoms with Crippen molar-refractivity contribution in [2.75, 3.05) is 25.8 Å². The van der Waals surface area contributed by atoms with Crippen LogP contribution in [0.15, 0.2) is 36.4 Å². The Morgan fingerprint density at radius 2 is 1.93 bits per heavy atom. The molecule has 1 aliphatic heterocycles. The minimum Gasteiger partial charge on any atom is -0.496 e. The van der Waals surface area contributed by atoms with Gasteiger partial charge in [-0.25, -0.2) is 4.79 Å². The number of carbonyl (C=O) groups is 2. The van der Waals surface area contributed by atoms with Gasteiger partial charge < -0.3 is 29.0 Å². The fraction of sp³-hybridized carbons (Fsp3) is 0.333. The maximum atomic E-state index is 12.5. The average molecular weight is 401 g/mol. The third-order valence-corrected chi connectivity index (χ3v) is 4.27. The van der Waals surface area contributed by atoms with Crippen LogP contribution >= 0.6 is 0 Å². The predicted molar refractivity (Wildman–Crippen MR) is 104 cm³/mol. The molecule has 8 nitrogen and oxygen atoms in total. The predicted octanol–water partition coefficient (Wildman–Crippen LogP) is 3.14. The standard InChI is InChI=1S/C21H23NO7/c1-4-26-11-15-9-14(5-7-17(15)25-3)21(24)29-13(2)20(23)22-16-6-8-18-19(10-16)28-12-27-18/h5-10,13H,4,11-12H2,1-3H3,(H,22,23)/t13-/m0/s1. The Morgan fingerprint density at radius 3 is 2.69 bits per heavy atom. The molecule has 1 N–H and O–H groups in total. The molecule has 29 heavy (non-hydrogen) atoms. The second-order valence-electron chi connectivity index (χ2n) is 6.27. The van der Waals surface area contributed by atoms with E-state index >= 15 is 0 Å². The normalized spacial score (nSPS) is 12.9. The van der Waals surface area contributed by atoms with Gasteiger partial charge >= 0.3 is 5.97 Å². The summed E-state index contributed by atoms with van der Waals surface area (Å²) >= 11 is 0. The number of fused-ring (bicyclic) bond motifs is 1. The van der Waals surface area contributed by atoms with E-state index < -0.39 is 18.0 Å². The number of ether oxygens (including phenoxy) is 5. The zero-order valence-electron chi connectivity index (χ0n) is 16.5.